The van der Waals surface area contributed by atoms with Gasteiger partial charge in [0.15, 0.2) is 6.10 Å². The van der Waals surface area contributed by atoms with Gasteiger partial charge >= 0.3 is 5.97 Å². The van der Waals surface area contributed by atoms with E-state index in [1.165, 1.54) is 7.11 Å². The summed E-state index contributed by atoms with van der Waals surface area (Å²) in [6, 6.07) is 8.07. The Hall–Kier alpha value is -2.64. The molecule has 0 aliphatic carbocycles. The van der Waals surface area contributed by atoms with Crippen molar-refractivity contribution in [2.24, 2.45) is 0 Å². The summed E-state index contributed by atoms with van der Waals surface area (Å²) in [5, 5.41) is 0. The Kier molecular flexibility index (Phi) is 7.05. The first-order valence-corrected chi connectivity index (χ1v) is 12.6. The molecule has 0 aromatic heterocycles. The van der Waals surface area contributed by atoms with Crippen LogP contribution in [0, 0.1) is 20.8 Å². The smallest absolute Gasteiger partial charge is 0.339 e. The van der Waals surface area contributed by atoms with Crippen LogP contribution in [-0.4, -0.2) is 32.9 Å². The molecule has 1 N–H and O–H groups in total. The van der Waals surface area contributed by atoms with E-state index in [4.69, 9.17) is 9.47 Å². The number of fused-ring (bicyclic) bond motifs is 1. The second kappa shape index (κ2) is 9.31. The number of esters is 1. The van der Waals surface area contributed by atoms with Crippen LogP contribution in [0.15, 0.2) is 36.4 Å². The zero-order chi connectivity index (χ0) is 24.6. The van der Waals surface area contributed by atoms with E-state index in [0.29, 0.717) is 23.2 Å². The van der Waals surface area contributed by atoms with Crippen LogP contribution in [0.2, 0.25) is 0 Å². The van der Waals surface area contributed by atoms with E-state index in [9.17, 15) is 13.2 Å². The molecule has 0 fully saturated rings. The molecular formula is C26H33NO5S. The Bertz CT molecular complexity index is 1190. The van der Waals surface area contributed by atoms with E-state index in [1.807, 2.05) is 71.9 Å². The minimum Gasteiger partial charge on any atom is -0.467 e. The highest BCUT2D eigenvalue weighted by molar-refractivity contribution is 7.92. The van der Waals surface area contributed by atoms with Gasteiger partial charge in [-0.05, 0) is 75.8 Å². The first kappa shape index (κ1) is 25.0. The third-order valence-electron chi connectivity index (χ3n) is 5.73. The van der Waals surface area contributed by atoms with Gasteiger partial charge in [-0.1, -0.05) is 42.0 Å². The van der Waals surface area contributed by atoms with E-state index < -0.39 is 27.7 Å². The van der Waals surface area contributed by atoms with Gasteiger partial charge in [0, 0.05) is 5.56 Å². The number of nitrogens with one attached hydrogen (secondary N) is 1. The van der Waals surface area contributed by atoms with Crippen LogP contribution < -0.4 is 4.72 Å². The number of benzene rings is 2. The van der Waals surface area contributed by atoms with Gasteiger partial charge in [0.25, 0.3) is 0 Å². The minimum atomic E-state index is -3.58. The highest BCUT2D eigenvalue weighted by atomic mass is 32.2. The SMILES string of the molecule is COC(=O)[C@@H](OC(C)(C)C)c1c(C)c2c(c(C)c1-c1ccc(C)cc1)CC=CCS(=O)(=O)N2. The van der Waals surface area contributed by atoms with E-state index in [0.717, 1.165) is 27.8 Å². The van der Waals surface area contributed by atoms with Crippen molar-refractivity contribution in [2.75, 3.05) is 17.6 Å². The number of hydrogen-bond donors (Lipinski definition) is 1. The molecule has 7 heteroatoms. The third-order valence-corrected chi connectivity index (χ3v) is 6.88. The standard InChI is InChI=1S/C26H33NO5S/c1-16-11-13-19(14-12-16)21-17(2)20-10-8-9-15-33(29,30)27-23(20)18(3)22(21)24(25(28)31-7)32-26(4,5)6/h8-9,11-14,24,27H,10,15H2,1-7H3/t24-/m0/s1. The van der Waals surface area contributed by atoms with E-state index >= 15 is 0 Å². The van der Waals surface area contributed by atoms with Crippen LogP contribution in [0.3, 0.4) is 0 Å². The summed E-state index contributed by atoms with van der Waals surface area (Å²) in [6.07, 6.45) is 3.10. The molecule has 33 heavy (non-hydrogen) atoms. The molecule has 2 aromatic carbocycles. The maximum atomic E-state index is 13.0. The maximum Gasteiger partial charge on any atom is 0.339 e. The van der Waals surface area contributed by atoms with Gasteiger partial charge < -0.3 is 9.47 Å². The van der Waals surface area contributed by atoms with Crippen molar-refractivity contribution in [1.29, 1.82) is 0 Å². The fourth-order valence-electron chi connectivity index (χ4n) is 4.18. The number of sulfonamides is 1. The third kappa shape index (κ3) is 5.47. The second-order valence-electron chi connectivity index (χ2n) is 9.45. The lowest BCUT2D eigenvalue weighted by atomic mass is 9.83. The molecule has 1 aliphatic heterocycles. The quantitative estimate of drug-likeness (QED) is 0.492. The molecule has 178 valence electrons. The molecule has 1 aliphatic rings. The van der Waals surface area contributed by atoms with Crippen LogP contribution in [0.25, 0.3) is 11.1 Å². The van der Waals surface area contributed by atoms with Gasteiger partial charge in [-0.3, -0.25) is 4.72 Å². The van der Waals surface area contributed by atoms with Crippen LogP contribution in [-0.2, 0) is 30.7 Å². The van der Waals surface area contributed by atoms with E-state index in [2.05, 4.69) is 4.72 Å². The number of allylic oxidation sites excluding steroid dienone is 1. The molecule has 3 rings (SSSR count). The zero-order valence-corrected chi connectivity index (χ0v) is 21.2. The Morgan fingerprint density at radius 1 is 1.03 bits per heavy atom. The number of rotatable bonds is 4. The predicted octanol–water partition coefficient (Wildman–Crippen LogP) is 5.16. The van der Waals surface area contributed by atoms with Crippen molar-refractivity contribution in [1.82, 2.24) is 0 Å². The molecular weight excluding hydrogens is 438 g/mol. The average Bonchev–Trinajstić information content (AvgIpc) is 2.71. The monoisotopic (exact) mass is 471 g/mol. The van der Waals surface area contributed by atoms with Gasteiger partial charge in [0.1, 0.15) is 0 Å². The molecule has 1 atom stereocenters. The Morgan fingerprint density at radius 3 is 2.24 bits per heavy atom. The van der Waals surface area contributed by atoms with Crippen molar-refractivity contribution < 1.29 is 22.7 Å². The molecule has 0 radical (unpaired) electrons. The molecule has 0 unspecified atom stereocenters. The fraction of sp³-hybridized carbons (Fsp3) is 0.423. The van der Waals surface area contributed by atoms with Crippen molar-refractivity contribution in [2.45, 2.75) is 59.7 Å². The van der Waals surface area contributed by atoms with Crippen LogP contribution >= 0.6 is 0 Å². The first-order valence-electron chi connectivity index (χ1n) is 11.0. The predicted molar refractivity (Wildman–Crippen MR) is 132 cm³/mol. The molecule has 6 nitrogen and oxygen atoms in total. The highest BCUT2D eigenvalue weighted by Crippen LogP contribution is 2.44. The van der Waals surface area contributed by atoms with Crippen molar-refractivity contribution in [3.63, 3.8) is 0 Å². The van der Waals surface area contributed by atoms with Crippen LogP contribution in [0.5, 0.6) is 0 Å². The molecule has 2 aromatic rings. The van der Waals surface area contributed by atoms with Gasteiger partial charge in [-0.25, -0.2) is 13.2 Å². The number of aryl methyl sites for hydroxylation is 1. The number of hydrogen-bond acceptors (Lipinski definition) is 5. The van der Waals surface area contributed by atoms with Crippen molar-refractivity contribution in [3.05, 3.63) is 64.2 Å². The Labute approximate surface area is 197 Å². The Balaban J connectivity index is 2.44. The molecule has 0 saturated carbocycles. The van der Waals surface area contributed by atoms with E-state index in [1.54, 1.807) is 6.08 Å². The minimum absolute atomic E-state index is 0.0983. The topological polar surface area (TPSA) is 81.7 Å². The van der Waals surface area contributed by atoms with Crippen LogP contribution in [0.4, 0.5) is 5.69 Å². The number of methoxy groups -OCH3 is 1. The number of carbonyl (C=O) groups is 1. The summed E-state index contributed by atoms with van der Waals surface area (Å²) in [6.45, 7) is 11.4. The lowest BCUT2D eigenvalue weighted by Gasteiger charge is -2.32. The summed E-state index contributed by atoms with van der Waals surface area (Å²) in [4.78, 5) is 13.0. The molecule has 0 amide bonds. The van der Waals surface area contributed by atoms with E-state index in [-0.39, 0.29) is 5.75 Å². The number of anilines is 1. The maximum absolute atomic E-state index is 13.0. The first-order chi connectivity index (χ1) is 15.3. The molecule has 0 saturated heterocycles. The van der Waals surface area contributed by atoms with Crippen molar-refractivity contribution >= 4 is 21.7 Å². The second-order valence-corrected chi connectivity index (χ2v) is 11.2. The lowest BCUT2D eigenvalue weighted by Crippen LogP contribution is -2.30. The largest absolute Gasteiger partial charge is 0.467 e. The zero-order valence-electron chi connectivity index (χ0n) is 20.4. The average molecular weight is 472 g/mol. The van der Waals surface area contributed by atoms with Gasteiger partial charge in [0.05, 0.1) is 24.2 Å². The lowest BCUT2D eigenvalue weighted by molar-refractivity contribution is -0.164. The summed E-state index contributed by atoms with van der Waals surface area (Å²) in [7, 11) is -2.25. The number of ether oxygens (including phenoxy) is 2. The van der Waals surface area contributed by atoms with Crippen LogP contribution in [0.1, 0.15) is 54.7 Å². The summed E-state index contributed by atoms with van der Waals surface area (Å²) < 4.78 is 39.4. The number of carbonyl (C=O) groups excluding carboxylic acids is 1. The molecule has 0 bridgehead atoms. The Morgan fingerprint density at radius 2 is 1.67 bits per heavy atom. The molecule has 0 spiro atoms. The highest BCUT2D eigenvalue weighted by Gasteiger charge is 2.35. The van der Waals surface area contributed by atoms with Gasteiger partial charge in [-0.2, -0.15) is 0 Å². The summed E-state index contributed by atoms with van der Waals surface area (Å²) >= 11 is 0. The van der Waals surface area contributed by atoms with Gasteiger partial charge in [0.2, 0.25) is 10.0 Å². The molecule has 1 heterocycles. The normalized spacial score (nSPS) is 16.2. The van der Waals surface area contributed by atoms with Crippen molar-refractivity contribution in [3.8, 4) is 11.1 Å². The summed E-state index contributed by atoms with van der Waals surface area (Å²) in [5.74, 6) is -0.631. The summed E-state index contributed by atoms with van der Waals surface area (Å²) in [5.41, 5.74) is 5.82. The fourth-order valence-corrected chi connectivity index (χ4v) is 5.24. The van der Waals surface area contributed by atoms with Gasteiger partial charge in [-0.15, -0.1) is 0 Å².